The minimum Gasteiger partial charge on any atom is -0.497 e. The Hall–Kier alpha value is -1.71. The van der Waals surface area contributed by atoms with Gasteiger partial charge in [-0.2, -0.15) is 0 Å². The van der Waals surface area contributed by atoms with Gasteiger partial charge in [0.05, 0.1) is 18.4 Å². The molecule has 0 unspecified atom stereocenters. The van der Waals surface area contributed by atoms with Crippen molar-refractivity contribution in [2.24, 2.45) is 0 Å². The highest BCUT2D eigenvalue weighted by Crippen LogP contribution is 2.23. The summed E-state index contributed by atoms with van der Waals surface area (Å²) in [6.07, 6.45) is 1.15. The molecule has 0 saturated heterocycles. The average molecular weight is 284 g/mol. The van der Waals surface area contributed by atoms with E-state index in [1.807, 2.05) is 0 Å². The van der Waals surface area contributed by atoms with E-state index < -0.39 is 9.84 Å². The van der Waals surface area contributed by atoms with E-state index in [0.717, 1.165) is 6.26 Å². The Labute approximate surface area is 113 Å². The lowest BCUT2D eigenvalue weighted by molar-refractivity contribution is 0.338. The van der Waals surface area contributed by atoms with E-state index in [0.29, 0.717) is 17.1 Å². The van der Waals surface area contributed by atoms with Crippen LogP contribution >= 0.6 is 0 Å². The Morgan fingerprint density at radius 2 is 2.11 bits per heavy atom. The van der Waals surface area contributed by atoms with Crippen molar-refractivity contribution in [2.45, 2.75) is 0 Å². The zero-order valence-electron chi connectivity index (χ0n) is 10.8. The van der Waals surface area contributed by atoms with Gasteiger partial charge < -0.3 is 14.6 Å². The first-order chi connectivity index (χ1) is 8.96. The number of rotatable bonds is 5. The van der Waals surface area contributed by atoms with Gasteiger partial charge in [0, 0.05) is 6.26 Å². The molecule has 0 aliphatic carbocycles. The molecule has 1 N–H and O–H groups in total. The van der Waals surface area contributed by atoms with Crippen LogP contribution in [0.25, 0.3) is 0 Å². The molecular weight excluding hydrogens is 268 g/mol. The fraction of sp³-hybridized carbons (Fsp3) is 0.385. The van der Waals surface area contributed by atoms with Gasteiger partial charge in [0.2, 0.25) is 0 Å². The van der Waals surface area contributed by atoms with Crippen LogP contribution in [-0.2, 0) is 9.84 Å². The minimum absolute atomic E-state index is 0.0545. The molecule has 0 fully saturated rings. The SMILES string of the molecule is COc1ccc(OCCS(C)(=O)=O)c(C#CCO)c1. The summed E-state index contributed by atoms with van der Waals surface area (Å²) in [5.41, 5.74) is 0.543. The summed E-state index contributed by atoms with van der Waals surface area (Å²) in [5, 5.41) is 8.70. The standard InChI is InChI=1S/C13H16O5S/c1-17-12-5-6-13(11(10-12)4-3-7-14)18-8-9-19(2,15)16/h5-6,10,14H,7-9H2,1-2H3. The third-order valence-electron chi connectivity index (χ3n) is 2.20. The van der Waals surface area contributed by atoms with Gasteiger partial charge in [-0.05, 0) is 18.2 Å². The molecule has 0 radical (unpaired) electrons. The fourth-order valence-corrected chi connectivity index (χ4v) is 1.68. The maximum Gasteiger partial charge on any atom is 0.150 e. The van der Waals surface area contributed by atoms with E-state index in [9.17, 15) is 8.42 Å². The van der Waals surface area contributed by atoms with Crippen LogP contribution in [0.15, 0.2) is 18.2 Å². The van der Waals surface area contributed by atoms with Crippen molar-refractivity contribution in [3.8, 4) is 23.3 Å². The first-order valence-electron chi connectivity index (χ1n) is 5.54. The van der Waals surface area contributed by atoms with Crippen molar-refractivity contribution < 1.29 is 23.0 Å². The summed E-state index contributed by atoms with van der Waals surface area (Å²) in [7, 11) is -1.53. The van der Waals surface area contributed by atoms with Gasteiger partial charge in [0.15, 0.2) is 9.84 Å². The molecule has 0 heterocycles. The summed E-state index contributed by atoms with van der Waals surface area (Å²) < 4.78 is 32.5. The molecule has 0 atom stereocenters. The Balaban J connectivity index is 2.86. The number of aliphatic hydroxyl groups is 1. The van der Waals surface area contributed by atoms with Gasteiger partial charge in [-0.3, -0.25) is 0 Å². The zero-order valence-corrected chi connectivity index (χ0v) is 11.7. The third-order valence-corrected chi connectivity index (χ3v) is 3.11. The maximum absolute atomic E-state index is 11.0. The minimum atomic E-state index is -3.06. The van der Waals surface area contributed by atoms with Gasteiger partial charge in [-0.15, -0.1) is 0 Å². The Bertz CT molecular complexity index is 581. The van der Waals surface area contributed by atoms with Gasteiger partial charge in [-0.25, -0.2) is 8.42 Å². The lowest BCUT2D eigenvalue weighted by Crippen LogP contribution is -2.12. The van der Waals surface area contributed by atoms with E-state index in [4.69, 9.17) is 14.6 Å². The second kappa shape index (κ2) is 7.02. The van der Waals surface area contributed by atoms with Crippen molar-refractivity contribution in [2.75, 3.05) is 32.3 Å². The van der Waals surface area contributed by atoms with Crippen molar-refractivity contribution in [1.82, 2.24) is 0 Å². The molecule has 0 saturated carbocycles. The zero-order chi connectivity index (χ0) is 14.3. The molecule has 0 spiro atoms. The van der Waals surface area contributed by atoms with Crippen molar-refractivity contribution in [3.63, 3.8) is 0 Å². The maximum atomic E-state index is 11.0. The number of hydrogen-bond acceptors (Lipinski definition) is 5. The topological polar surface area (TPSA) is 72.8 Å². The third kappa shape index (κ3) is 5.64. The number of benzene rings is 1. The van der Waals surface area contributed by atoms with Gasteiger partial charge in [0.25, 0.3) is 0 Å². The summed E-state index contributed by atoms with van der Waals surface area (Å²) >= 11 is 0. The summed E-state index contributed by atoms with van der Waals surface area (Å²) in [6.45, 7) is -0.209. The number of aliphatic hydroxyl groups excluding tert-OH is 1. The van der Waals surface area contributed by atoms with Crippen molar-refractivity contribution in [3.05, 3.63) is 23.8 Å². The van der Waals surface area contributed by atoms with Crippen molar-refractivity contribution in [1.29, 1.82) is 0 Å². The van der Waals surface area contributed by atoms with Crippen LogP contribution in [0.4, 0.5) is 0 Å². The monoisotopic (exact) mass is 284 g/mol. The van der Waals surface area contributed by atoms with Gasteiger partial charge in [-0.1, -0.05) is 11.8 Å². The number of ether oxygens (including phenoxy) is 2. The van der Waals surface area contributed by atoms with Crippen LogP contribution in [0.2, 0.25) is 0 Å². The van der Waals surface area contributed by atoms with Crippen LogP contribution in [0.1, 0.15) is 5.56 Å². The number of sulfone groups is 1. The molecule has 5 nitrogen and oxygen atoms in total. The van der Waals surface area contributed by atoms with E-state index in [-0.39, 0.29) is 19.0 Å². The summed E-state index contributed by atoms with van der Waals surface area (Å²) in [6, 6.07) is 5.01. The molecule has 0 aliphatic heterocycles. The molecule has 0 aliphatic rings. The summed E-state index contributed by atoms with van der Waals surface area (Å²) in [4.78, 5) is 0. The lowest BCUT2D eigenvalue weighted by Gasteiger charge is -2.09. The van der Waals surface area contributed by atoms with Crippen LogP contribution in [0.5, 0.6) is 11.5 Å². The van der Waals surface area contributed by atoms with Crippen LogP contribution in [0, 0.1) is 11.8 Å². The van der Waals surface area contributed by atoms with E-state index in [2.05, 4.69) is 11.8 Å². The predicted molar refractivity (Wildman–Crippen MR) is 72.2 cm³/mol. The molecule has 0 amide bonds. The second-order valence-electron chi connectivity index (χ2n) is 3.80. The average Bonchev–Trinajstić information content (AvgIpc) is 2.35. The van der Waals surface area contributed by atoms with Crippen LogP contribution in [0.3, 0.4) is 0 Å². The molecule has 0 bridgehead atoms. The Kier molecular flexibility index (Phi) is 5.67. The van der Waals surface area contributed by atoms with Crippen LogP contribution < -0.4 is 9.47 Å². The largest absolute Gasteiger partial charge is 0.497 e. The van der Waals surface area contributed by atoms with Gasteiger partial charge >= 0.3 is 0 Å². The molecular formula is C13H16O5S. The highest BCUT2D eigenvalue weighted by Gasteiger charge is 2.06. The smallest absolute Gasteiger partial charge is 0.150 e. The quantitative estimate of drug-likeness (QED) is 0.795. The first-order valence-corrected chi connectivity index (χ1v) is 7.60. The first kappa shape index (κ1) is 15.3. The Morgan fingerprint density at radius 3 is 2.68 bits per heavy atom. The van der Waals surface area contributed by atoms with E-state index >= 15 is 0 Å². The summed E-state index contributed by atoms with van der Waals surface area (Å²) in [5.74, 6) is 6.25. The molecule has 1 aromatic rings. The van der Waals surface area contributed by atoms with E-state index in [1.54, 1.807) is 18.2 Å². The molecule has 6 heteroatoms. The molecule has 104 valence electrons. The lowest BCUT2D eigenvalue weighted by atomic mass is 10.2. The molecule has 1 rings (SSSR count). The molecule has 1 aromatic carbocycles. The van der Waals surface area contributed by atoms with E-state index in [1.165, 1.54) is 7.11 Å². The molecule has 19 heavy (non-hydrogen) atoms. The van der Waals surface area contributed by atoms with Crippen molar-refractivity contribution >= 4 is 9.84 Å². The second-order valence-corrected chi connectivity index (χ2v) is 6.06. The van der Waals surface area contributed by atoms with Crippen LogP contribution in [-0.4, -0.2) is 45.9 Å². The number of methoxy groups -OCH3 is 1. The molecule has 0 aromatic heterocycles. The Morgan fingerprint density at radius 1 is 1.37 bits per heavy atom. The fourth-order valence-electron chi connectivity index (χ4n) is 1.30. The normalized spacial score (nSPS) is 10.5. The van der Waals surface area contributed by atoms with Gasteiger partial charge in [0.1, 0.15) is 24.7 Å². The highest BCUT2D eigenvalue weighted by molar-refractivity contribution is 7.90. The predicted octanol–water partition coefficient (Wildman–Crippen LogP) is 0.462. The highest BCUT2D eigenvalue weighted by atomic mass is 32.2. The number of hydrogen-bond donors (Lipinski definition) is 1.